The molecule has 0 unspecified atom stereocenters. The maximum absolute atomic E-state index is 13.0. The van der Waals surface area contributed by atoms with Crippen molar-refractivity contribution < 1.29 is 9.53 Å². The van der Waals surface area contributed by atoms with E-state index in [-0.39, 0.29) is 18.0 Å². The quantitative estimate of drug-likeness (QED) is 0.688. The third kappa shape index (κ3) is 4.03. The van der Waals surface area contributed by atoms with Crippen molar-refractivity contribution in [1.29, 1.82) is 0 Å². The molecule has 1 amide bonds. The fraction of sp³-hybridized carbons (Fsp3) is 0.364. The minimum Gasteiger partial charge on any atom is -0.368 e. The van der Waals surface area contributed by atoms with Gasteiger partial charge in [-0.15, -0.1) is 11.3 Å². The van der Waals surface area contributed by atoms with Crippen LogP contribution < -0.4 is 5.56 Å². The number of aromatic amines is 1. The van der Waals surface area contributed by atoms with Gasteiger partial charge in [0.1, 0.15) is 6.10 Å². The number of nitrogens with zero attached hydrogens (tertiary/aromatic N) is 1. The average molecular weight is 397 g/mol. The molecule has 1 aromatic carbocycles. The van der Waals surface area contributed by atoms with E-state index in [1.807, 2.05) is 35.7 Å². The number of pyridine rings is 1. The molecule has 2 aromatic heterocycles. The van der Waals surface area contributed by atoms with Crippen LogP contribution in [0.2, 0.25) is 0 Å². The van der Waals surface area contributed by atoms with E-state index in [1.54, 1.807) is 16.2 Å². The van der Waals surface area contributed by atoms with Crippen LogP contribution in [0.5, 0.6) is 0 Å². The Balaban J connectivity index is 1.65. The van der Waals surface area contributed by atoms with Gasteiger partial charge in [-0.2, -0.15) is 0 Å². The number of benzene rings is 1. The van der Waals surface area contributed by atoms with E-state index in [0.717, 1.165) is 35.0 Å². The Labute approximate surface area is 168 Å². The highest BCUT2D eigenvalue weighted by atomic mass is 32.1. The molecule has 4 rings (SSSR count). The SMILES string of the molecule is CCc1ccc2[nH]c(=O)c(CN(Cc3cccs3)C(=O)[C@H]3CCCO3)cc2c1. The fourth-order valence-electron chi connectivity index (χ4n) is 3.62. The number of H-pyrrole nitrogens is 1. The summed E-state index contributed by atoms with van der Waals surface area (Å²) in [6, 6.07) is 12.0. The Morgan fingerprint density at radius 2 is 2.18 bits per heavy atom. The fourth-order valence-corrected chi connectivity index (χ4v) is 4.34. The molecule has 28 heavy (non-hydrogen) atoms. The predicted molar refractivity (Wildman–Crippen MR) is 111 cm³/mol. The molecule has 0 spiro atoms. The number of amides is 1. The number of aryl methyl sites for hydroxylation is 1. The summed E-state index contributed by atoms with van der Waals surface area (Å²) in [5, 5.41) is 2.99. The molecular formula is C22H24N2O3S. The first kappa shape index (κ1) is 18.9. The number of fused-ring (bicyclic) bond motifs is 1. The molecule has 0 bridgehead atoms. The van der Waals surface area contributed by atoms with Crippen molar-refractivity contribution in [2.24, 2.45) is 0 Å². The van der Waals surface area contributed by atoms with Crippen LogP contribution in [0.15, 0.2) is 46.6 Å². The second kappa shape index (κ2) is 8.29. The summed E-state index contributed by atoms with van der Waals surface area (Å²) in [4.78, 5) is 31.5. The Morgan fingerprint density at radius 1 is 1.29 bits per heavy atom. The molecule has 3 heterocycles. The normalized spacial score (nSPS) is 16.5. The van der Waals surface area contributed by atoms with Crippen LogP contribution in [-0.4, -0.2) is 28.5 Å². The van der Waals surface area contributed by atoms with Gasteiger partial charge in [0.05, 0.1) is 13.1 Å². The van der Waals surface area contributed by atoms with Crippen molar-refractivity contribution in [3.05, 3.63) is 68.1 Å². The maximum atomic E-state index is 13.0. The number of carbonyl (C=O) groups excluding carboxylic acids is 1. The second-order valence-electron chi connectivity index (χ2n) is 7.17. The van der Waals surface area contributed by atoms with Crippen LogP contribution in [0.25, 0.3) is 10.9 Å². The lowest BCUT2D eigenvalue weighted by Gasteiger charge is -2.25. The smallest absolute Gasteiger partial charge is 0.253 e. The van der Waals surface area contributed by atoms with Crippen LogP contribution in [0.1, 0.15) is 35.8 Å². The Hall–Kier alpha value is -2.44. The van der Waals surface area contributed by atoms with Crippen LogP contribution in [0.4, 0.5) is 0 Å². The maximum Gasteiger partial charge on any atom is 0.253 e. The summed E-state index contributed by atoms with van der Waals surface area (Å²) >= 11 is 1.61. The van der Waals surface area contributed by atoms with Crippen molar-refractivity contribution in [1.82, 2.24) is 9.88 Å². The minimum absolute atomic E-state index is 0.0345. The van der Waals surface area contributed by atoms with E-state index in [1.165, 1.54) is 5.56 Å². The molecule has 146 valence electrons. The van der Waals surface area contributed by atoms with E-state index in [9.17, 15) is 9.59 Å². The van der Waals surface area contributed by atoms with E-state index in [0.29, 0.717) is 18.7 Å². The molecule has 0 aliphatic carbocycles. The molecule has 1 saturated heterocycles. The zero-order chi connectivity index (χ0) is 19.5. The number of ether oxygens (including phenoxy) is 1. The van der Waals surface area contributed by atoms with Gasteiger partial charge in [0.15, 0.2) is 0 Å². The van der Waals surface area contributed by atoms with Gasteiger partial charge < -0.3 is 14.6 Å². The topological polar surface area (TPSA) is 62.4 Å². The molecule has 1 atom stereocenters. The molecular weight excluding hydrogens is 372 g/mol. The van der Waals surface area contributed by atoms with Gasteiger partial charge in [-0.3, -0.25) is 9.59 Å². The Bertz CT molecular complexity index is 1020. The number of thiophene rings is 1. The van der Waals surface area contributed by atoms with Crippen LogP contribution in [0.3, 0.4) is 0 Å². The van der Waals surface area contributed by atoms with Crippen molar-refractivity contribution in [3.63, 3.8) is 0 Å². The van der Waals surface area contributed by atoms with Crippen molar-refractivity contribution >= 4 is 28.1 Å². The van der Waals surface area contributed by atoms with Crippen LogP contribution in [0, 0.1) is 0 Å². The third-order valence-corrected chi connectivity index (χ3v) is 6.06. The first-order chi connectivity index (χ1) is 13.6. The summed E-state index contributed by atoms with van der Waals surface area (Å²) < 4.78 is 5.61. The van der Waals surface area contributed by atoms with Crippen molar-refractivity contribution in [2.45, 2.75) is 45.4 Å². The lowest BCUT2D eigenvalue weighted by atomic mass is 10.1. The molecule has 1 aliphatic heterocycles. The van der Waals surface area contributed by atoms with Gasteiger partial charge in [0.2, 0.25) is 0 Å². The molecule has 0 saturated carbocycles. The number of nitrogens with one attached hydrogen (secondary N) is 1. The minimum atomic E-state index is -0.397. The molecule has 1 N–H and O–H groups in total. The molecule has 5 nitrogen and oxygen atoms in total. The summed E-state index contributed by atoms with van der Waals surface area (Å²) in [5.41, 5.74) is 2.49. The largest absolute Gasteiger partial charge is 0.368 e. The third-order valence-electron chi connectivity index (χ3n) is 5.20. The Kier molecular flexibility index (Phi) is 5.59. The number of rotatable bonds is 6. The monoisotopic (exact) mass is 396 g/mol. The van der Waals surface area contributed by atoms with Gasteiger partial charge >= 0.3 is 0 Å². The molecule has 6 heteroatoms. The summed E-state index contributed by atoms with van der Waals surface area (Å²) in [6.07, 6.45) is 2.19. The first-order valence-electron chi connectivity index (χ1n) is 9.71. The summed E-state index contributed by atoms with van der Waals surface area (Å²) in [5.74, 6) is -0.0345. The molecule has 1 fully saturated rings. The standard InChI is InChI=1S/C22H24N2O3S/c1-2-15-7-8-19-16(11-15)12-17(21(25)23-19)13-24(14-18-5-4-10-28-18)22(26)20-6-3-9-27-20/h4-5,7-8,10-12,20H,2-3,6,9,13-14H2,1H3,(H,23,25)/t20-/m1/s1. The van der Waals surface area contributed by atoms with E-state index >= 15 is 0 Å². The summed E-state index contributed by atoms with van der Waals surface area (Å²) in [6.45, 7) is 3.50. The van der Waals surface area contributed by atoms with Gasteiger partial charge in [-0.1, -0.05) is 19.1 Å². The second-order valence-corrected chi connectivity index (χ2v) is 8.21. The molecule has 1 aliphatic rings. The molecule has 0 radical (unpaired) electrons. The van der Waals surface area contributed by atoms with Crippen LogP contribution in [-0.2, 0) is 29.0 Å². The predicted octanol–water partition coefficient (Wildman–Crippen LogP) is 3.86. The van der Waals surface area contributed by atoms with E-state index < -0.39 is 6.10 Å². The van der Waals surface area contributed by atoms with Crippen molar-refractivity contribution in [2.75, 3.05) is 6.61 Å². The van der Waals surface area contributed by atoms with E-state index in [2.05, 4.69) is 18.0 Å². The highest BCUT2D eigenvalue weighted by Gasteiger charge is 2.29. The molecule has 3 aromatic rings. The zero-order valence-electron chi connectivity index (χ0n) is 15.9. The highest BCUT2D eigenvalue weighted by molar-refractivity contribution is 7.09. The number of hydrogen-bond acceptors (Lipinski definition) is 4. The summed E-state index contributed by atoms with van der Waals surface area (Å²) in [7, 11) is 0. The number of carbonyl (C=O) groups is 1. The van der Waals surface area contributed by atoms with E-state index in [4.69, 9.17) is 4.74 Å². The van der Waals surface area contributed by atoms with Gasteiger partial charge in [-0.05, 0) is 59.9 Å². The first-order valence-corrected chi connectivity index (χ1v) is 10.6. The zero-order valence-corrected chi connectivity index (χ0v) is 16.8. The average Bonchev–Trinajstić information content (AvgIpc) is 3.41. The lowest BCUT2D eigenvalue weighted by molar-refractivity contribution is -0.142. The lowest BCUT2D eigenvalue weighted by Crippen LogP contribution is -2.39. The number of hydrogen-bond donors (Lipinski definition) is 1. The highest BCUT2D eigenvalue weighted by Crippen LogP contribution is 2.21. The number of aromatic nitrogens is 1. The van der Waals surface area contributed by atoms with Gasteiger partial charge in [0.25, 0.3) is 11.5 Å². The van der Waals surface area contributed by atoms with Gasteiger partial charge in [0, 0.05) is 22.6 Å². The van der Waals surface area contributed by atoms with Gasteiger partial charge in [-0.25, -0.2) is 0 Å². The van der Waals surface area contributed by atoms with Crippen molar-refractivity contribution in [3.8, 4) is 0 Å². The van der Waals surface area contributed by atoms with Crippen LogP contribution >= 0.6 is 11.3 Å². The Morgan fingerprint density at radius 3 is 2.89 bits per heavy atom.